The van der Waals surface area contributed by atoms with Gasteiger partial charge in [-0.15, -0.1) is 0 Å². The van der Waals surface area contributed by atoms with E-state index in [2.05, 4.69) is 32.6 Å². The van der Waals surface area contributed by atoms with E-state index in [4.69, 9.17) is 4.74 Å². The van der Waals surface area contributed by atoms with Crippen LogP contribution < -0.4 is 4.90 Å². The Bertz CT molecular complexity index is 575. The molecule has 1 fully saturated rings. The minimum absolute atomic E-state index is 0.0990. The van der Waals surface area contributed by atoms with Crippen LogP contribution in [0.5, 0.6) is 0 Å². The number of piperidine rings is 1. The molecule has 0 amide bonds. The lowest BCUT2D eigenvalue weighted by molar-refractivity contribution is -0.0326. The number of methoxy groups -OCH3 is 1. The monoisotopic (exact) mass is 303 g/mol. The lowest BCUT2D eigenvalue weighted by Crippen LogP contribution is -2.46. The minimum atomic E-state index is -0.465. The molecule has 0 aliphatic carbocycles. The van der Waals surface area contributed by atoms with Crippen molar-refractivity contribution in [2.24, 2.45) is 0 Å². The molecule has 3 rings (SSSR count). The van der Waals surface area contributed by atoms with Crippen molar-refractivity contribution in [1.82, 2.24) is 9.97 Å². The average Bonchev–Trinajstić information content (AvgIpc) is 2.55. The summed E-state index contributed by atoms with van der Waals surface area (Å²) in [5.41, 5.74) is 1.55. The Kier molecular flexibility index (Phi) is 4.11. The van der Waals surface area contributed by atoms with Gasteiger partial charge in [0, 0.05) is 13.1 Å². The molecule has 1 saturated heterocycles. The summed E-state index contributed by atoms with van der Waals surface area (Å²) in [5.74, 6) is 0.326. The van der Waals surface area contributed by atoms with Crippen LogP contribution >= 0.6 is 0 Å². The molecule has 1 aromatic rings. The van der Waals surface area contributed by atoms with E-state index in [1.165, 1.54) is 18.9 Å². The number of anilines is 1. The molecule has 6 nitrogen and oxygen atoms in total. The molecule has 0 saturated carbocycles. The van der Waals surface area contributed by atoms with Crippen LogP contribution in [-0.4, -0.2) is 48.3 Å². The molecule has 6 heteroatoms. The third kappa shape index (κ3) is 2.97. The smallest absolute Gasteiger partial charge is 0.358 e. The van der Waals surface area contributed by atoms with Crippen molar-refractivity contribution in [3.63, 3.8) is 0 Å². The molecule has 0 radical (unpaired) electrons. The minimum Gasteiger partial charge on any atom is -0.464 e. The van der Waals surface area contributed by atoms with E-state index in [9.17, 15) is 4.79 Å². The summed E-state index contributed by atoms with van der Waals surface area (Å²) in [6, 6.07) is 0. The SMILES string of the molecule is COC(=O)c1cnc(N2CCC3(C=C(C)CCO3)CC2)cn1. The summed E-state index contributed by atoms with van der Waals surface area (Å²) < 4.78 is 10.7. The van der Waals surface area contributed by atoms with E-state index in [0.717, 1.165) is 44.8 Å². The van der Waals surface area contributed by atoms with Gasteiger partial charge in [-0.05, 0) is 26.2 Å². The van der Waals surface area contributed by atoms with E-state index < -0.39 is 5.97 Å². The topological polar surface area (TPSA) is 64.5 Å². The zero-order valence-corrected chi connectivity index (χ0v) is 13.0. The molecule has 2 aliphatic rings. The lowest BCUT2D eigenvalue weighted by atomic mass is 9.87. The second-order valence-electron chi connectivity index (χ2n) is 5.89. The molecule has 1 aromatic heterocycles. The molecule has 118 valence electrons. The highest BCUT2D eigenvalue weighted by Crippen LogP contribution is 2.33. The van der Waals surface area contributed by atoms with Gasteiger partial charge in [0.25, 0.3) is 0 Å². The molecular formula is C16H21N3O3. The van der Waals surface area contributed by atoms with Crippen molar-refractivity contribution in [2.75, 3.05) is 31.7 Å². The van der Waals surface area contributed by atoms with Gasteiger partial charge in [0.05, 0.1) is 31.7 Å². The zero-order chi connectivity index (χ0) is 15.6. The summed E-state index contributed by atoms with van der Waals surface area (Å²) in [7, 11) is 1.34. The zero-order valence-electron chi connectivity index (χ0n) is 13.0. The van der Waals surface area contributed by atoms with Gasteiger partial charge in [0.2, 0.25) is 0 Å². The Morgan fingerprint density at radius 3 is 2.68 bits per heavy atom. The van der Waals surface area contributed by atoms with E-state index in [-0.39, 0.29) is 11.3 Å². The van der Waals surface area contributed by atoms with Gasteiger partial charge in [-0.2, -0.15) is 0 Å². The third-order valence-corrected chi connectivity index (χ3v) is 4.36. The number of ether oxygens (including phenoxy) is 2. The first kappa shape index (κ1) is 15.0. The van der Waals surface area contributed by atoms with Crippen LogP contribution in [0.2, 0.25) is 0 Å². The molecule has 0 atom stereocenters. The molecule has 1 spiro atoms. The molecular weight excluding hydrogens is 282 g/mol. The Morgan fingerprint density at radius 1 is 1.32 bits per heavy atom. The van der Waals surface area contributed by atoms with Gasteiger partial charge in [-0.25, -0.2) is 14.8 Å². The van der Waals surface area contributed by atoms with Crippen LogP contribution in [0.25, 0.3) is 0 Å². The first-order valence-electron chi connectivity index (χ1n) is 7.59. The number of hydrogen-bond acceptors (Lipinski definition) is 6. The van der Waals surface area contributed by atoms with Crippen molar-refractivity contribution < 1.29 is 14.3 Å². The van der Waals surface area contributed by atoms with Crippen LogP contribution in [0.4, 0.5) is 5.82 Å². The second-order valence-corrected chi connectivity index (χ2v) is 5.89. The largest absolute Gasteiger partial charge is 0.464 e. The van der Waals surface area contributed by atoms with Crippen LogP contribution in [0.1, 0.15) is 36.7 Å². The van der Waals surface area contributed by atoms with Crippen molar-refractivity contribution in [3.05, 3.63) is 29.7 Å². The molecule has 3 heterocycles. The maximum Gasteiger partial charge on any atom is 0.358 e. The predicted octanol–water partition coefficient (Wildman–Crippen LogP) is 1.97. The number of nitrogens with zero attached hydrogens (tertiary/aromatic N) is 3. The summed E-state index contributed by atoms with van der Waals surface area (Å²) in [6.45, 7) is 4.73. The average molecular weight is 303 g/mol. The lowest BCUT2D eigenvalue weighted by Gasteiger charge is -2.42. The van der Waals surface area contributed by atoms with E-state index in [1.807, 2.05) is 0 Å². The molecule has 0 N–H and O–H groups in total. The second kappa shape index (κ2) is 6.04. The normalized spacial score (nSPS) is 20.6. The first-order valence-corrected chi connectivity index (χ1v) is 7.59. The van der Waals surface area contributed by atoms with Gasteiger partial charge >= 0.3 is 5.97 Å². The molecule has 0 bridgehead atoms. The van der Waals surface area contributed by atoms with Crippen LogP contribution in [0.3, 0.4) is 0 Å². The number of esters is 1. The van der Waals surface area contributed by atoms with Gasteiger partial charge in [0.15, 0.2) is 5.69 Å². The number of rotatable bonds is 2. The quantitative estimate of drug-likeness (QED) is 0.615. The number of aromatic nitrogens is 2. The Labute approximate surface area is 130 Å². The van der Waals surface area contributed by atoms with Gasteiger partial charge < -0.3 is 14.4 Å². The summed E-state index contributed by atoms with van der Waals surface area (Å²) in [6.07, 6.45) is 8.32. The first-order chi connectivity index (χ1) is 10.6. The van der Waals surface area contributed by atoms with Crippen LogP contribution in [-0.2, 0) is 9.47 Å². The highest BCUT2D eigenvalue weighted by molar-refractivity contribution is 5.86. The van der Waals surface area contributed by atoms with Gasteiger partial charge in [-0.3, -0.25) is 0 Å². The number of carbonyl (C=O) groups excluding carboxylic acids is 1. The summed E-state index contributed by atoms with van der Waals surface area (Å²) in [5, 5.41) is 0. The number of carbonyl (C=O) groups is 1. The third-order valence-electron chi connectivity index (χ3n) is 4.36. The van der Waals surface area contributed by atoms with Crippen LogP contribution in [0.15, 0.2) is 24.0 Å². The fraction of sp³-hybridized carbons (Fsp3) is 0.562. The van der Waals surface area contributed by atoms with Crippen molar-refractivity contribution in [3.8, 4) is 0 Å². The van der Waals surface area contributed by atoms with Gasteiger partial charge in [0.1, 0.15) is 5.82 Å². The predicted molar refractivity (Wildman–Crippen MR) is 81.9 cm³/mol. The van der Waals surface area contributed by atoms with E-state index >= 15 is 0 Å². The van der Waals surface area contributed by atoms with Crippen molar-refractivity contribution in [2.45, 2.75) is 31.8 Å². The summed E-state index contributed by atoms with van der Waals surface area (Å²) >= 11 is 0. The molecule has 22 heavy (non-hydrogen) atoms. The fourth-order valence-electron chi connectivity index (χ4n) is 3.08. The van der Waals surface area contributed by atoms with Crippen molar-refractivity contribution in [1.29, 1.82) is 0 Å². The molecule has 0 unspecified atom stereocenters. The van der Waals surface area contributed by atoms with E-state index in [1.54, 1.807) is 6.20 Å². The highest BCUT2D eigenvalue weighted by atomic mass is 16.5. The van der Waals surface area contributed by atoms with Gasteiger partial charge in [-0.1, -0.05) is 11.6 Å². The van der Waals surface area contributed by atoms with Crippen molar-refractivity contribution >= 4 is 11.8 Å². The standard InChI is InChI=1S/C16H21N3O3/c1-12-3-8-22-16(9-12)4-6-19(7-5-16)14-11-17-13(10-18-14)15(20)21-2/h9-11H,3-8H2,1-2H3. The van der Waals surface area contributed by atoms with E-state index in [0.29, 0.717) is 0 Å². The number of hydrogen-bond donors (Lipinski definition) is 0. The summed E-state index contributed by atoms with van der Waals surface area (Å²) in [4.78, 5) is 22.0. The maximum atomic E-state index is 11.4. The fourth-order valence-corrected chi connectivity index (χ4v) is 3.08. The molecule has 0 aromatic carbocycles. The Balaban J connectivity index is 1.66. The maximum absolute atomic E-state index is 11.4. The Hall–Kier alpha value is -1.95. The highest BCUT2D eigenvalue weighted by Gasteiger charge is 2.35. The molecule has 2 aliphatic heterocycles. The van der Waals surface area contributed by atoms with Crippen LogP contribution in [0, 0.1) is 0 Å². The Morgan fingerprint density at radius 2 is 2.09 bits per heavy atom.